The van der Waals surface area contributed by atoms with Gasteiger partial charge in [0, 0.05) is 55.8 Å². The van der Waals surface area contributed by atoms with Gasteiger partial charge in [0.2, 0.25) is 0 Å². The van der Waals surface area contributed by atoms with Crippen LogP contribution in [0.4, 0.5) is 0 Å². The largest absolute Gasteiger partial charge is 0.472 e. The van der Waals surface area contributed by atoms with Crippen LogP contribution in [0.25, 0.3) is 0 Å². The van der Waals surface area contributed by atoms with Gasteiger partial charge < -0.3 is 14.3 Å². The average molecular weight is 382 g/mol. The number of hydrogen-bond acceptors (Lipinski definition) is 5. The van der Waals surface area contributed by atoms with Crippen LogP contribution in [0.15, 0.2) is 34.0 Å². The fraction of sp³-hybridized carbons (Fsp3) is 0.571. The first-order valence-electron chi connectivity index (χ1n) is 10.3. The second-order valence-corrected chi connectivity index (χ2v) is 8.47. The molecule has 2 aliphatic heterocycles. The number of nitrogens with zero attached hydrogens (tertiary/aromatic N) is 3. The van der Waals surface area contributed by atoms with Gasteiger partial charge in [-0.15, -0.1) is 0 Å². The average Bonchev–Trinajstić information content (AvgIpc) is 3.39. The van der Waals surface area contributed by atoms with Crippen LogP contribution in [-0.2, 0) is 13.1 Å². The zero-order chi connectivity index (χ0) is 19.1. The third-order valence-corrected chi connectivity index (χ3v) is 6.48. The van der Waals surface area contributed by atoms with E-state index >= 15 is 0 Å². The first-order chi connectivity index (χ1) is 13.7. The van der Waals surface area contributed by atoms with E-state index in [0.717, 1.165) is 57.7 Å². The molecule has 2 fully saturated rings. The molecule has 7 nitrogen and oxygen atoms in total. The summed E-state index contributed by atoms with van der Waals surface area (Å²) < 4.78 is 7.19. The van der Waals surface area contributed by atoms with Crippen molar-refractivity contribution < 1.29 is 9.21 Å². The van der Waals surface area contributed by atoms with E-state index in [1.165, 1.54) is 12.0 Å². The molecule has 2 aromatic rings. The molecule has 5 rings (SSSR count). The summed E-state index contributed by atoms with van der Waals surface area (Å²) in [4.78, 5) is 31.9. The summed E-state index contributed by atoms with van der Waals surface area (Å²) in [6.07, 6.45) is 10.7. The quantitative estimate of drug-likeness (QED) is 0.876. The molecule has 0 aromatic carbocycles. The molecule has 1 aliphatic carbocycles. The summed E-state index contributed by atoms with van der Waals surface area (Å²) in [5, 5.41) is 3.04. The van der Waals surface area contributed by atoms with Crippen molar-refractivity contribution in [2.45, 2.75) is 57.2 Å². The lowest BCUT2D eigenvalue weighted by Crippen LogP contribution is -2.39. The van der Waals surface area contributed by atoms with Crippen LogP contribution in [0.3, 0.4) is 0 Å². The van der Waals surface area contributed by atoms with Crippen LogP contribution in [0.2, 0.25) is 0 Å². The number of carbonyl (C=O) groups is 1. The Morgan fingerprint density at radius 3 is 2.86 bits per heavy atom. The van der Waals surface area contributed by atoms with Gasteiger partial charge in [0.25, 0.3) is 11.5 Å². The highest BCUT2D eigenvalue weighted by Gasteiger charge is 2.41. The first-order valence-corrected chi connectivity index (χ1v) is 10.3. The van der Waals surface area contributed by atoms with Crippen molar-refractivity contribution in [2.75, 3.05) is 13.1 Å². The van der Waals surface area contributed by atoms with E-state index in [1.54, 1.807) is 18.7 Å². The number of likely N-dealkylation sites (tertiary alicyclic amines) is 1. The van der Waals surface area contributed by atoms with Crippen LogP contribution < -0.4 is 10.9 Å². The van der Waals surface area contributed by atoms with Gasteiger partial charge in [-0.2, -0.15) is 4.98 Å². The molecule has 0 bridgehead atoms. The van der Waals surface area contributed by atoms with Gasteiger partial charge in [0.05, 0.1) is 12.5 Å². The van der Waals surface area contributed by atoms with Gasteiger partial charge in [-0.1, -0.05) is 19.3 Å². The van der Waals surface area contributed by atoms with Crippen molar-refractivity contribution in [3.05, 3.63) is 52.1 Å². The zero-order valence-corrected chi connectivity index (χ0v) is 16.0. The highest BCUT2D eigenvalue weighted by molar-refractivity contribution is 5.93. The van der Waals surface area contributed by atoms with E-state index in [-0.39, 0.29) is 23.4 Å². The summed E-state index contributed by atoms with van der Waals surface area (Å²) in [6.45, 7) is 3.53. The molecule has 28 heavy (non-hydrogen) atoms. The van der Waals surface area contributed by atoms with Crippen LogP contribution in [0, 0.1) is 5.92 Å². The molecule has 0 spiro atoms. The standard InChI is InChI=1S/C21H26N4O3/c26-20(22-16-4-2-1-3-5-16)18-12-25-10-15-9-24(8-14-6-7-28-13-14)11-17(15)19(25)23-21(18)27/h6-7,12-13,15-17H,1-5,8-11H2,(H,22,26)/t15-,17-/m0/s1. The summed E-state index contributed by atoms with van der Waals surface area (Å²) in [7, 11) is 0. The first kappa shape index (κ1) is 17.7. The Balaban J connectivity index is 1.30. The van der Waals surface area contributed by atoms with Gasteiger partial charge in [-0.05, 0) is 18.9 Å². The number of carbonyl (C=O) groups excluding carboxylic acids is 1. The Kier molecular flexibility index (Phi) is 4.55. The Morgan fingerprint density at radius 2 is 2.07 bits per heavy atom. The van der Waals surface area contributed by atoms with E-state index in [9.17, 15) is 9.59 Å². The van der Waals surface area contributed by atoms with Crippen LogP contribution in [-0.4, -0.2) is 39.5 Å². The maximum Gasteiger partial charge on any atom is 0.285 e. The number of nitrogens with one attached hydrogen (secondary N) is 1. The second kappa shape index (κ2) is 7.20. The molecule has 1 N–H and O–H groups in total. The van der Waals surface area contributed by atoms with Crippen molar-refractivity contribution in [3.8, 4) is 0 Å². The predicted molar refractivity (Wildman–Crippen MR) is 103 cm³/mol. The Hall–Kier alpha value is -2.41. The number of hydrogen-bond donors (Lipinski definition) is 1. The lowest BCUT2D eigenvalue weighted by Gasteiger charge is -2.22. The molecule has 2 atom stereocenters. The second-order valence-electron chi connectivity index (χ2n) is 8.47. The van der Waals surface area contributed by atoms with Crippen LogP contribution in [0.5, 0.6) is 0 Å². The third kappa shape index (κ3) is 3.28. The van der Waals surface area contributed by atoms with E-state index < -0.39 is 5.56 Å². The molecule has 0 radical (unpaired) electrons. The molecular formula is C21H26N4O3. The number of fused-ring (bicyclic) bond motifs is 3. The maximum atomic E-state index is 12.6. The minimum atomic E-state index is -0.395. The summed E-state index contributed by atoms with van der Waals surface area (Å²) in [5.41, 5.74) is 0.957. The highest BCUT2D eigenvalue weighted by Crippen LogP contribution is 2.38. The van der Waals surface area contributed by atoms with Gasteiger partial charge in [0.1, 0.15) is 11.4 Å². The molecule has 0 unspecified atom stereocenters. The van der Waals surface area contributed by atoms with Gasteiger partial charge in [-0.25, -0.2) is 0 Å². The molecule has 1 saturated heterocycles. The molecule has 3 aliphatic rings. The minimum Gasteiger partial charge on any atom is -0.472 e. The van der Waals surface area contributed by atoms with Crippen molar-refractivity contribution in [2.24, 2.45) is 5.92 Å². The zero-order valence-electron chi connectivity index (χ0n) is 16.0. The molecule has 4 heterocycles. The van der Waals surface area contributed by atoms with Crippen molar-refractivity contribution in [1.29, 1.82) is 0 Å². The van der Waals surface area contributed by atoms with Gasteiger partial charge >= 0.3 is 0 Å². The summed E-state index contributed by atoms with van der Waals surface area (Å²) in [5.74, 6) is 1.27. The van der Waals surface area contributed by atoms with Crippen LogP contribution >= 0.6 is 0 Å². The lowest BCUT2D eigenvalue weighted by molar-refractivity contribution is 0.0925. The van der Waals surface area contributed by atoms with E-state index in [1.807, 2.05) is 10.6 Å². The van der Waals surface area contributed by atoms with E-state index in [2.05, 4.69) is 15.2 Å². The fourth-order valence-electron chi connectivity index (χ4n) is 5.07. The van der Waals surface area contributed by atoms with Gasteiger partial charge in [-0.3, -0.25) is 14.5 Å². The topological polar surface area (TPSA) is 80.4 Å². The number of furan rings is 1. The van der Waals surface area contributed by atoms with Crippen molar-refractivity contribution in [1.82, 2.24) is 19.8 Å². The Bertz CT molecular complexity index is 914. The Labute approximate surface area is 163 Å². The smallest absolute Gasteiger partial charge is 0.285 e. The normalized spacial score (nSPS) is 24.9. The number of amides is 1. The van der Waals surface area contributed by atoms with Crippen LogP contribution in [0.1, 0.15) is 59.8 Å². The third-order valence-electron chi connectivity index (χ3n) is 6.48. The lowest BCUT2D eigenvalue weighted by atomic mass is 9.95. The van der Waals surface area contributed by atoms with Gasteiger partial charge in [0.15, 0.2) is 0 Å². The molecular weight excluding hydrogens is 356 g/mol. The van der Waals surface area contributed by atoms with E-state index in [4.69, 9.17) is 4.42 Å². The van der Waals surface area contributed by atoms with E-state index in [0.29, 0.717) is 5.92 Å². The number of rotatable bonds is 4. The molecule has 1 amide bonds. The monoisotopic (exact) mass is 382 g/mol. The highest BCUT2D eigenvalue weighted by atomic mass is 16.3. The van der Waals surface area contributed by atoms with Crippen molar-refractivity contribution in [3.63, 3.8) is 0 Å². The summed E-state index contributed by atoms with van der Waals surface area (Å²) in [6, 6.07) is 2.18. The molecule has 148 valence electrons. The van der Waals surface area contributed by atoms with Crippen molar-refractivity contribution >= 4 is 5.91 Å². The SMILES string of the molecule is O=C(NC1CCCCC1)c1cn2c(nc1=O)[C@H]1CN(Cc3ccoc3)C[C@H]1C2. The molecule has 1 saturated carbocycles. The molecule has 2 aromatic heterocycles. The fourth-order valence-corrected chi connectivity index (χ4v) is 5.07. The Morgan fingerprint density at radius 1 is 1.21 bits per heavy atom. The predicted octanol–water partition coefficient (Wildman–Crippen LogP) is 2.13. The minimum absolute atomic E-state index is 0.185. The summed E-state index contributed by atoms with van der Waals surface area (Å²) >= 11 is 0. The molecule has 7 heteroatoms. The maximum absolute atomic E-state index is 12.6. The number of aromatic nitrogens is 2.